The zero-order valence-corrected chi connectivity index (χ0v) is 13.8. The number of amides is 2. The van der Waals surface area contributed by atoms with Crippen LogP contribution >= 0.6 is 0 Å². The van der Waals surface area contributed by atoms with Gasteiger partial charge in [-0.15, -0.1) is 0 Å². The molecule has 1 aliphatic heterocycles. The Morgan fingerprint density at radius 3 is 2.48 bits per heavy atom. The van der Waals surface area contributed by atoms with Crippen molar-refractivity contribution in [1.82, 2.24) is 4.90 Å². The van der Waals surface area contributed by atoms with Crippen LogP contribution in [0.3, 0.4) is 0 Å². The highest BCUT2D eigenvalue weighted by Crippen LogP contribution is 2.23. The van der Waals surface area contributed by atoms with Gasteiger partial charge in [0.2, 0.25) is 5.91 Å². The number of carbonyl (C=O) groups is 3. The smallest absolute Gasteiger partial charge is 0.417 e. The fourth-order valence-corrected chi connectivity index (χ4v) is 2.85. The molecule has 5 nitrogen and oxygen atoms in total. The number of carbonyl (C=O) groups excluding carboxylic acids is 3. The molecule has 1 aromatic rings. The molecule has 0 radical (unpaired) electrons. The molecule has 0 N–H and O–H groups in total. The number of Topliss-reactive ketones (excluding diaryl/α,β-unsaturated/α-hetero) is 1. The fourth-order valence-electron chi connectivity index (χ4n) is 2.85. The highest BCUT2D eigenvalue weighted by Gasteiger charge is 2.42. The number of ether oxygens (including phenoxy) is 1. The van der Waals surface area contributed by atoms with Crippen LogP contribution in [0.4, 0.5) is 4.79 Å². The number of benzene rings is 1. The van der Waals surface area contributed by atoms with Crippen LogP contribution in [0.2, 0.25) is 0 Å². The summed E-state index contributed by atoms with van der Waals surface area (Å²) < 4.78 is 5.06. The summed E-state index contributed by atoms with van der Waals surface area (Å²) in [5, 5.41) is 0. The van der Waals surface area contributed by atoms with Gasteiger partial charge in [-0.2, -0.15) is 0 Å². The van der Waals surface area contributed by atoms with Crippen LogP contribution in [0.5, 0.6) is 0 Å². The van der Waals surface area contributed by atoms with E-state index >= 15 is 0 Å². The summed E-state index contributed by atoms with van der Waals surface area (Å²) in [5.74, 6) is -1.23. The van der Waals surface area contributed by atoms with E-state index in [4.69, 9.17) is 4.74 Å². The monoisotopic (exact) mass is 317 g/mol. The molecule has 23 heavy (non-hydrogen) atoms. The zero-order chi connectivity index (χ0) is 17.0. The lowest BCUT2D eigenvalue weighted by Gasteiger charge is -2.24. The van der Waals surface area contributed by atoms with E-state index in [1.165, 1.54) is 6.92 Å². The zero-order valence-electron chi connectivity index (χ0n) is 13.8. The predicted molar refractivity (Wildman–Crippen MR) is 85.8 cm³/mol. The summed E-state index contributed by atoms with van der Waals surface area (Å²) in [6.45, 7) is 5.48. The van der Waals surface area contributed by atoms with Gasteiger partial charge in [0.05, 0.1) is 12.0 Å². The average molecular weight is 317 g/mol. The van der Waals surface area contributed by atoms with Crippen molar-refractivity contribution in [1.29, 1.82) is 0 Å². The van der Waals surface area contributed by atoms with Crippen molar-refractivity contribution in [3.8, 4) is 0 Å². The molecule has 5 heteroatoms. The maximum Gasteiger partial charge on any atom is 0.417 e. The molecule has 124 valence electrons. The van der Waals surface area contributed by atoms with Crippen molar-refractivity contribution in [3.05, 3.63) is 35.9 Å². The number of imide groups is 1. The Labute approximate surface area is 136 Å². The number of rotatable bonds is 6. The molecule has 0 aromatic heterocycles. The largest absolute Gasteiger partial charge is 0.447 e. The van der Waals surface area contributed by atoms with Gasteiger partial charge >= 0.3 is 6.09 Å². The van der Waals surface area contributed by atoms with Gasteiger partial charge in [0, 0.05) is 0 Å². The van der Waals surface area contributed by atoms with E-state index < -0.39 is 17.9 Å². The second kappa shape index (κ2) is 7.40. The molecule has 1 saturated heterocycles. The van der Waals surface area contributed by atoms with Crippen LogP contribution in [-0.2, 0) is 20.7 Å². The molecule has 2 atom stereocenters. The third kappa shape index (κ3) is 4.18. The van der Waals surface area contributed by atoms with E-state index in [2.05, 4.69) is 0 Å². The number of nitrogens with zero attached hydrogens (tertiary/aromatic N) is 1. The first-order valence-corrected chi connectivity index (χ1v) is 7.94. The third-order valence-electron chi connectivity index (χ3n) is 4.01. The van der Waals surface area contributed by atoms with Gasteiger partial charge in [0.15, 0.2) is 0 Å². The molecule has 1 heterocycles. The lowest BCUT2D eigenvalue weighted by molar-refractivity contribution is -0.139. The minimum Gasteiger partial charge on any atom is -0.447 e. The van der Waals surface area contributed by atoms with Crippen molar-refractivity contribution in [3.63, 3.8) is 0 Å². The SMILES string of the molecule is CC(=O)C(CC(C)C)C(=O)N1C(=O)OCC1Cc1ccccc1. The topological polar surface area (TPSA) is 63.7 Å². The van der Waals surface area contributed by atoms with E-state index in [9.17, 15) is 14.4 Å². The fraction of sp³-hybridized carbons (Fsp3) is 0.500. The van der Waals surface area contributed by atoms with Gasteiger partial charge in [0.25, 0.3) is 0 Å². The summed E-state index contributed by atoms with van der Waals surface area (Å²) in [5.41, 5.74) is 1.02. The van der Waals surface area contributed by atoms with Gasteiger partial charge in [0.1, 0.15) is 12.4 Å². The molecule has 1 aromatic carbocycles. The Balaban J connectivity index is 2.17. The van der Waals surface area contributed by atoms with Crippen molar-refractivity contribution >= 4 is 17.8 Å². The first-order chi connectivity index (χ1) is 10.9. The minimum absolute atomic E-state index is 0.172. The second-order valence-corrected chi connectivity index (χ2v) is 6.42. The van der Waals surface area contributed by atoms with Gasteiger partial charge in [-0.05, 0) is 31.2 Å². The normalized spacial score (nSPS) is 18.9. The van der Waals surface area contributed by atoms with E-state index in [-0.39, 0.29) is 24.3 Å². The van der Waals surface area contributed by atoms with E-state index in [0.717, 1.165) is 10.5 Å². The van der Waals surface area contributed by atoms with Crippen molar-refractivity contribution in [2.75, 3.05) is 6.61 Å². The third-order valence-corrected chi connectivity index (χ3v) is 4.01. The highest BCUT2D eigenvalue weighted by atomic mass is 16.6. The van der Waals surface area contributed by atoms with Crippen molar-refractivity contribution in [2.45, 2.75) is 39.7 Å². The maximum atomic E-state index is 12.7. The maximum absolute atomic E-state index is 12.7. The molecule has 0 saturated carbocycles. The lowest BCUT2D eigenvalue weighted by atomic mass is 9.92. The van der Waals surface area contributed by atoms with E-state index in [0.29, 0.717) is 12.8 Å². The lowest BCUT2D eigenvalue weighted by Crippen LogP contribution is -2.45. The highest BCUT2D eigenvalue weighted by molar-refractivity contribution is 6.06. The molecule has 2 amide bonds. The molecular weight excluding hydrogens is 294 g/mol. The van der Waals surface area contributed by atoms with E-state index in [1.54, 1.807) is 0 Å². The average Bonchev–Trinajstić information content (AvgIpc) is 2.85. The Morgan fingerprint density at radius 2 is 1.91 bits per heavy atom. The minimum atomic E-state index is -0.779. The molecule has 0 spiro atoms. The molecule has 2 unspecified atom stereocenters. The van der Waals surface area contributed by atoms with Crippen LogP contribution in [0.15, 0.2) is 30.3 Å². The summed E-state index contributed by atoms with van der Waals surface area (Å²) in [6, 6.07) is 9.28. The van der Waals surface area contributed by atoms with Crippen molar-refractivity contribution < 1.29 is 19.1 Å². The van der Waals surface area contributed by atoms with Gasteiger partial charge in [-0.3, -0.25) is 9.59 Å². The Morgan fingerprint density at radius 1 is 1.26 bits per heavy atom. The molecule has 0 aliphatic carbocycles. The Kier molecular flexibility index (Phi) is 5.53. The summed E-state index contributed by atoms with van der Waals surface area (Å²) in [7, 11) is 0. The molecular formula is C18H23NO4. The van der Waals surface area contributed by atoms with Crippen molar-refractivity contribution in [2.24, 2.45) is 11.8 Å². The first kappa shape index (κ1) is 17.2. The number of hydrogen-bond acceptors (Lipinski definition) is 4. The summed E-state index contributed by atoms with van der Waals surface area (Å²) in [6.07, 6.45) is 0.326. The van der Waals surface area contributed by atoms with Gasteiger partial charge in [-0.1, -0.05) is 44.2 Å². The first-order valence-electron chi connectivity index (χ1n) is 7.94. The number of cyclic esters (lactones) is 1. The van der Waals surface area contributed by atoms with Crippen LogP contribution in [-0.4, -0.2) is 35.3 Å². The second-order valence-electron chi connectivity index (χ2n) is 6.42. The van der Waals surface area contributed by atoms with Crippen LogP contribution in [0.1, 0.15) is 32.8 Å². The van der Waals surface area contributed by atoms with Gasteiger partial charge in [-0.25, -0.2) is 9.69 Å². The molecule has 1 fully saturated rings. The van der Waals surface area contributed by atoms with Crippen LogP contribution in [0.25, 0.3) is 0 Å². The molecule has 2 rings (SSSR count). The Bertz CT molecular complexity index is 582. The predicted octanol–water partition coefficient (Wildman–Crippen LogP) is 2.83. The van der Waals surface area contributed by atoms with Crippen LogP contribution in [0, 0.1) is 11.8 Å². The van der Waals surface area contributed by atoms with Crippen LogP contribution < -0.4 is 0 Å². The standard InChI is InChI=1S/C18H23NO4/c1-12(2)9-16(13(3)20)17(21)19-15(11-23-18(19)22)10-14-7-5-4-6-8-14/h4-8,12,15-16H,9-11H2,1-3H3. The Hall–Kier alpha value is -2.17. The summed E-state index contributed by atoms with van der Waals surface area (Å²) in [4.78, 5) is 37.7. The van der Waals surface area contributed by atoms with Gasteiger partial charge < -0.3 is 4.74 Å². The molecule has 1 aliphatic rings. The quantitative estimate of drug-likeness (QED) is 0.757. The number of ketones is 1. The number of hydrogen-bond donors (Lipinski definition) is 0. The van der Waals surface area contributed by atoms with E-state index in [1.807, 2.05) is 44.2 Å². The molecule has 0 bridgehead atoms. The summed E-state index contributed by atoms with van der Waals surface area (Å²) >= 11 is 0.